The van der Waals surface area contributed by atoms with Crippen LogP contribution in [-0.2, 0) is 21.1 Å². The summed E-state index contributed by atoms with van der Waals surface area (Å²) in [7, 11) is -3.15. The van der Waals surface area contributed by atoms with Crippen molar-refractivity contribution in [2.45, 2.75) is 44.4 Å². The van der Waals surface area contributed by atoms with Crippen LogP contribution in [0.25, 0.3) is 0 Å². The van der Waals surface area contributed by atoms with Crippen LogP contribution >= 0.6 is 0 Å². The maximum atomic E-state index is 11.8. The summed E-state index contributed by atoms with van der Waals surface area (Å²) in [6.45, 7) is 3.96. The van der Waals surface area contributed by atoms with E-state index in [2.05, 4.69) is 6.92 Å². The molecule has 19 heavy (non-hydrogen) atoms. The van der Waals surface area contributed by atoms with E-state index in [4.69, 9.17) is 0 Å². The van der Waals surface area contributed by atoms with Gasteiger partial charge in [0.05, 0.1) is 4.90 Å². The van der Waals surface area contributed by atoms with Crippen LogP contribution in [0, 0.1) is 5.92 Å². The van der Waals surface area contributed by atoms with Crippen LogP contribution in [0.1, 0.15) is 38.7 Å². The second-order valence-electron chi connectivity index (χ2n) is 4.93. The minimum Gasteiger partial charge on any atom is -0.299 e. The molecule has 0 aliphatic heterocycles. The molecule has 4 heteroatoms. The predicted octanol–water partition coefficient (Wildman–Crippen LogP) is 3.03. The molecule has 1 aromatic carbocycles. The zero-order valence-corrected chi connectivity index (χ0v) is 12.7. The van der Waals surface area contributed by atoms with Gasteiger partial charge in [-0.2, -0.15) is 0 Å². The molecule has 0 N–H and O–H groups in total. The summed E-state index contributed by atoms with van der Waals surface area (Å²) in [5, 5.41) is 0. The van der Waals surface area contributed by atoms with Gasteiger partial charge in [0, 0.05) is 18.6 Å². The molecule has 0 bridgehead atoms. The Morgan fingerprint density at radius 2 is 1.74 bits per heavy atom. The van der Waals surface area contributed by atoms with Gasteiger partial charge in [-0.05, 0) is 30.5 Å². The fraction of sp³-hybridized carbons (Fsp3) is 0.533. The van der Waals surface area contributed by atoms with Gasteiger partial charge in [-0.15, -0.1) is 0 Å². The summed E-state index contributed by atoms with van der Waals surface area (Å²) < 4.78 is 22.7. The summed E-state index contributed by atoms with van der Waals surface area (Å²) in [6, 6.07) is 6.85. The molecular weight excluding hydrogens is 260 g/mol. The van der Waals surface area contributed by atoms with Crippen molar-refractivity contribution in [1.82, 2.24) is 0 Å². The van der Waals surface area contributed by atoms with E-state index in [9.17, 15) is 13.2 Å². The average Bonchev–Trinajstić information content (AvgIpc) is 2.37. The Morgan fingerprint density at radius 3 is 2.16 bits per heavy atom. The van der Waals surface area contributed by atoms with E-state index in [1.165, 1.54) is 6.26 Å². The van der Waals surface area contributed by atoms with Crippen LogP contribution in [0.4, 0.5) is 0 Å². The normalized spacial score (nSPS) is 13.2. The van der Waals surface area contributed by atoms with E-state index in [0.717, 1.165) is 18.4 Å². The molecule has 1 unspecified atom stereocenters. The number of hydrogen-bond donors (Lipinski definition) is 0. The zero-order valence-electron chi connectivity index (χ0n) is 11.8. The fourth-order valence-corrected chi connectivity index (χ4v) is 2.80. The van der Waals surface area contributed by atoms with Crippen molar-refractivity contribution < 1.29 is 13.2 Å². The summed E-state index contributed by atoms with van der Waals surface area (Å²) in [4.78, 5) is 12.2. The van der Waals surface area contributed by atoms with Crippen molar-refractivity contribution in [3.8, 4) is 0 Å². The molecule has 0 saturated carbocycles. The van der Waals surface area contributed by atoms with E-state index in [1.54, 1.807) is 12.1 Å². The Hall–Kier alpha value is -1.16. The van der Waals surface area contributed by atoms with E-state index in [1.807, 2.05) is 19.1 Å². The van der Waals surface area contributed by atoms with Gasteiger partial charge >= 0.3 is 0 Å². The van der Waals surface area contributed by atoms with E-state index >= 15 is 0 Å². The van der Waals surface area contributed by atoms with Crippen molar-refractivity contribution in [2.75, 3.05) is 6.26 Å². The number of hydrogen-bond acceptors (Lipinski definition) is 3. The molecule has 3 nitrogen and oxygen atoms in total. The fourth-order valence-electron chi connectivity index (χ4n) is 2.17. The number of carbonyl (C=O) groups excluding carboxylic acids is 1. The molecule has 0 amide bonds. The lowest BCUT2D eigenvalue weighted by atomic mass is 9.90. The lowest BCUT2D eigenvalue weighted by Gasteiger charge is -2.14. The Morgan fingerprint density at radius 1 is 1.16 bits per heavy atom. The first-order valence-corrected chi connectivity index (χ1v) is 8.59. The lowest BCUT2D eigenvalue weighted by molar-refractivity contribution is -0.122. The first-order chi connectivity index (χ1) is 8.88. The van der Waals surface area contributed by atoms with Gasteiger partial charge in [-0.25, -0.2) is 8.42 Å². The lowest BCUT2D eigenvalue weighted by Crippen LogP contribution is -2.16. The van der Waals surface area contributed by atoms with Gasteiger partial charge in [0.15, 0.2) is 9.84 Å². The molecule has 0 aromatic heterocycles. The highest BCUT2D eigenvalue weighted by molar-refractivity contribution is 7.90. The molecule has 0 radical (unpaired) electrons. The monoisotopic (exact) mass is 282 g/mol. The largest absolute Gasteiger partial charge is 0.299 e. The van der Waals surface area contributed by atoms with Crippen molar-refractivity contribution in [3.05, 3.63) is 29.8 Å². The SMILES string of the molecule is CCCC(Cc1ccc(S(C)(=O)=O)cc1)C(=O)CC. The van der Waals surface area contributed by atoms with Gasteiger partial charge in [0.2, 0.25) is 0 Å². The Labute approximate surface area is 116 Å². The number of carbonyl (C=O) groups is 1. The standard InChI is InChI=1S/C15H22O3S/c1-4-6-13(15(16)5-2)11-12-7-9-14(10-8-12)19(3,17)18/h7-10,13H,4-6,11H2,1-3H3. The van der Waals surface area contributed by atoms with Crippen LogP contribution in [-0.4, -0.2) is 20.5 Å². The maximum Gasteiger partial charge on any atom is 0.175 e. The van der Waals surface area contributed by atoms with Crippen LogP contribution in [0.2, 0.25) is 0 Å². The molecule has 1 rings (SSSR count). The molecule has 0 aliphatic carbocycles. The molecule has 0 spiro atoms. The second kappa shape index (κ2) is 6.85. The Bertz CT molecular complexity index is 515. The molecule has 0 fully saturated rings. The highest BCUT2D eigenvalue weighted by Gasteiger charge is 2.16. The molecule has 1 aromatic rings. The Balaban J connectivity index is 2.83. The third kappa shape index (κ3) is 4.78. The average molecular weight is 282 g/mol. The summed E-state index contributed by atoms with van der Waals surface area (Å²) in [5.41, 5.74) is 1.02. The van der Waals surface area contributed by atoms with Gasteiger partial charge < -0.3 is 0 Å². The highest BCUT2D eigenvalue weighted by Crippen LogP contribution is 2.18. The van der Waals surface area contributed by atoms with Crippen molar-refractivity contribution >= 4 is 15.6 Å². The van der Waals surface area contributed by atoms with Crippen molar-refractivity contribution in [3.63, 3.8) is 0 Å². The van der Waals surface area contributed by atoms with Gasteiger partial charge in [0.1, 0.15) is 5.78 Å². The smallest absolute Gasteiger partial charge is 0.175 e. The van der Waals surface area contributed by atoms with Crippen LogP contribution in [0.15, 0.2) is 29.2 Å². The van der Waals surface area contributed by atoms with E-state index in [0.29, 0.717) is 17.7 Å². The minimum atomic E-state index is -3.15. The first kappa shape index (κ1) is 15.9. The molecule has 0 aliphatic rings. The number of ketones is 1. The van der Waals surface area contributed by atoms with Crippen molar-refractivity contribution in [2.24, 2.45) is 5.92 Å². The summed E-state index contributed by atoms with van der Waals surface area (Å²) in [5.74, 6) is 0.341. The zero-order chi connectivity index (χ0) is 14.5. The summed E-state index contributed by atoms with van der Waals surface area (Å²) in [6.07, 6.45) is 4.33. The molecule has 0 heterocycles. The second-order valence-corrected chi connectivity index (χ2v) is 6.94. The number of rotatable bonds is 7. The number of sulfone groups is 1. The first-order valence-electron chi connectivity index (χ1n) is 6.70. The maximum absolute atomic E-state index is 11.8. The van der Waals surface area contributed by atoms with E-state index < -0.39 is 9.84 Å². The predicted molar refractivity (Wildman–Crippen MR) is 77.0 cm³/mol. The molecule has 106 valence electrons. The molecular formula is C15H22O3S. The van der Waals surface area contributed by atoms with Gasteiger partial charge in [-0.1, -0.05) is 32.4 Å². The highest BCUT2D eigenvalue weighted by atomic mass is 32.2. The van der Waals surface area contributed by atoms with Gasteiger partial charge in [-0.3, -0.25) is 4.79 Å². The number of Topliss-reactive ketones (excluding diaryl/α,β-unsaturated/α-hetero) is 1. The molecule has 0 saturated heterocycles. The third-order valence-corrected chi connectivity index (χ3v) is 4.40. The van der Waals surface area contributed by atoms with Crippen LogP contribution < -0.4 is 0 Å². The number of benzene rings is 1. The Kier molecular flexibility index (Phi) is 5.73. The van der Waals surface area contributed by atoms with Crippen molar-refractivity contribution in [1.29, 1.82) is 0 Å². The van der Waals surface area contributed by atoms with Crippen LogP contribution in [0.5, 0.6) is 0 Å². The third-order valence-electron chi connectivity index (χ3n) is 3.27. The van der Waals surface area contributed by atoms with Crippen LogP contribution in [0.3, 0.4) is 0 Å². The van der Waals surface area contributed by atoms with E-state index in [-0.39, 0.29) is 11.7 Å². The molecule has 1 atom stereocenters. The van der Waals surface area contributed by atoms with Gasteiger partial charge in [0.25, 0.3) is 0 Å². The minimum absolute atomic E-state index is 0.0547. The quantitative estimate of drug-likeness (QED) is 0.772. The summed E-state index contributed by atoms with van der Waals surface area (Å²) >= 11 is 0. The topological polar surface area (TPSA) is 51.2 Å².